The van der Waals surface area contributed by atoms with Crippen LogP contribution in [0.3, 0.4) is 0 Å². The van der Waals surface area contributed by atoms with Gasteiger partial charge in [-0.3, -0.25) is 9.89 Å². The Morgan fingerprint density at radius 3 is 2.92 bits per heavy atom. The molecule has 0 saturated heterocycles. The van der Waals surface area contributed by atoms with Crippen molar-refractivity contribution in [3.63, 3.8) is 0 Å². The van der Waals surface area contributed by atoms with E-state index in [9.17, 15) is 4.79 Å². The average molecular weight is 178 g/mol. The van der Waals surface area contributed by atoms with Crippen LogP contribution in [-0.4, -0.2) is 33.0 Å². The maximum absolute atomic E-state index is 10.9. The number of amides is 1. The van der Waals surface area contributed by atoms with Gasteiger partial charge in [0.25, 0.3) is 5.91 Å². The van der Waals surface area contributed by atoms with Gasteiger partial charge in [-0.2, -0.15) is 5.10 Å². The van der Waals surface area contributed by atoms with Gasteiger partial charge >= 0.3 is 0 Å². The third-order valence-electron chi connectivity index (χ3n) is 1.49. The fraction of sp³-hybridized carbons (Fsp3) is 0.375. The summed E-state index contributed by atoms with van der Waals surface area (Å²) in [5, 5.41) is 6.55. The number of terminal acetylenes is 1. The largest absolute Gasteiger partial charge is 0.327 e. The van der Waals surface area contributed by atoms with Crippen LogP contribution in [-0.2, 0) is 11.3 Å². The van der Waals surface area contributed by atoms with Gasteiger partial charge in [-0.25, -0.2) is 4.98 Å². The summed E-state index contributed by atoms with van der Waals surface area (Å²) in [5.74, 6) is 2.92. The number of nitrogens with one attached hydrogen (secondary N) is 1. The molecule has 13 heavy (non-hydrogen) atoms. The Kier molecular flexibility index (Phi) is 2.65. The van der Waals surface area contributed by atoms with Crippen molar-refractivity contribution in [3.8, 4) is 12.3 Å². The zero-order chi connectivity index (χ0) is 9.84. The van der Waals surface area contributed by atoms with E-state index in [1.165, 1.54) is 4.90 Å². The Balaban J connectivity index is 2.60. The third kappa shape index (κ3) is 2.30. The van der Waals surface area contributed by atoms with Crippen LogP contribution in [0.5, 0.6) is 0 Å². The highest BCUT2D eigenvalue weighted by Crippen LogP contribution is 1.96. The highest BCUT2D eigenvalue weighted by Gasteiger charge is 2.08. The summed E-state index contributed by atoms with van der Waals surface area (Å²) in [7, 11) is 1.61. The number of hydrogen-bond donors (Lipinski definition) is 1. The maximum atomic E-state index is 10.9. The third-order valence-corrected chi connectivity index (χ3v) is 1.49. The smallest absolute Gasteiger partial charge is 0.298 e. The van der Waals surface area contributed by atoms with Crippen molar-refractivity contribution >= 4 is 5.91 Å². The SMILES string of the molecule is C#CC(=O)N(C)Cc1n[nH]c(C)n1. The topological polar surface area (TPSA) is 61.9 Å². The molecule has 1 amide bonds. The quantitative estimate of drug-likeness (QED) is 0.633. The van der Waals surface area contributed by atoms with E-state index in [2.05, 4.69) is 15.2 Å². The second-order valence-electron chi connectivity index (χ2n) is 2.64. The Morgan fingerprint density at radius 2 is 2.46 bits per heavy atom. The predicted molar refractivity (Wildman–Crippen MR) is 46.4 cm³/mol. The zero-order valence-corrected chi connectivity index (χ0v) is 7.53. The van der Waals surface area contributed by atoms with E-state index in [-0.39, 0.29) is 5.91 Å². The summed E-state index contributed by atoms with van der Waals surface area (Å²) in [6, 6.07) is 0. The Morgan fingerprint density at radius 1 is 1.77 bits per heavy atom. The molecular weight excluding hydrogens is 168 g/mol. The molecular formula is C8H10N4O. The van der Waals surface area contributed by atoms with E-state index < -0.39 is 0 Å². The van der Waals surface area contributed by atoms with Gasteiger partial charge in [-0.1, -0.05) is 0 Å². The molecule has 5 heteroatoms. The number of rotatable bonds is 2. The number of aromatic amines is 1. The van der Waals surface area contributed by atoms with E-state index in [0.29, 0.717) is 12.4 Å². The first-order valence-corrected chi connectivity index (χ1v) is 3.73. The molecule has 5 nitrogen and oxygen atoms in total. The second kappa shape index (κ2) is 3.72. The fourth-order valence-corrected chi connectivity index (χ4v) is 0.854. The highest BCUT2D eigenvalue weighted by atomic mass is 16.2. The number of nitrogens with zero attached hydrogens (tertiary/aromatic N) is 3. The zero-order valence-electron chi connectivity index (χ0n) is 7.53. The van der Waals surface area contributed by atoms with E-state index in [1.807, 2.05) is 5.92 Å². The average Bonchev–Trinajstić information content (AvgIpc) is 2.49. The first-order valence-electron chi connectivity index (χ1n) is 3.73. The standard InChI is InChI=1S/C8H10N4O/c1-4-8(13)12(3)5-7-9-6(2)10-11-7/h1H,5H2,2-3H3,(H,9,10,11). The molecule has 0 saturated carbocycles. The van der Waals surface area contributed by atoms with Gasteiger partial charge in [-0.15, -0.1) is 6.42 Å². The van der Waals surface area contributed by atoms with Crippen molar-refractivity contribution in [2.45, 2.75) is 13.5 Å². The number of H-pyrrole nitrogens is 1. The fourth-order valence-electron chi connectivity index (χ4n) is 0.854. The summed E-state index contributed by atoms with van der Waals surface area (Å²) >= 11 is 0. The van der Waals surface area contributed by atoms with Crippen LogP contribution in [0.4, 0.5) is 0 Å². The minimum Gasteiger partial charge on any atom is -0.327 e. The number of aromatic nitrogens is 3. The summed E-state index contributed by atoms with van der Waals surface area (Å²) in [6.45, 7) is 2.12. The summed E-state index contributed by atoms with van der Waals surface area (Å²) < 4.78 is 0. The molecule has 0 aromatic carbocycles. The summed E-state index contributed by atoms with van der Waals surface area (Å²) in [4.78, 5) is 16.4. The van der Waals surface area contributed by atoms with Gasteiger partial charge in [0.05, 0.1) is 6.54 Å². The van der Waals surface area contributed by atoms with Crippen LogP contribution in [0, 0.1) is 19.3 Å². The van der Waals surface area contributed by atoms with E-state index in [0.717, 1.165) is 5.82 Å². The molecule has 0 aliphatic rings. The first-order chi connectivity index (χ1) is 6.13. The van der Waals surface area contributed by atoms with E-state index in [1.54, 1.807) is 14.0 Å². The Bertz CT molecular complexity index is 349. The van der Waals surface area contributed by atoms with Crippen LogP contribution >= 0.6 is 0 Å². The Labute approximate surface area is 76.2 Å². The number of aryl methyl sites for hydroxylation is 1. The normalized spacial score (nSPS) is 9.31. The molecule has 1 aromatic heterocycles. The Hall–Kier alpha value is -1.83. The van der Waals surface area contributed by atoms with E-state index in [4.69, 9.17) is 6.42 Å². The molecule has 0 unspecified atom stereocenters. The second-order valence-corrected chi connectivity index (χ2v) is 2.64. The van der Waals surface area contributed by atoms with Crippen LogP contribution in [0.1, 0.15) is 11.6 Å². The molecule has 0 spiro atoms. The van der Waals surface area contributed by atoms with Gasteiger partial charge in [0.2, 0.25) is 0 Å². The van der Waals surface area contributed by atoms with Crippen LogP contribution in [0.25, 0.3) is 0 Å². The monoisotopic (exact) mass is 178 g/mol. The highest BCUT2D eigenvalue weighted by molar-refractivity contribution is 5.92. The molecule has 1 N–H and O–H groups in total. The van der Waals surface area contributed by atoms with E-state index >= 15 is 0 Å². The molecule has 0 bridgehead atoms. The number of hydrogen-bond acceptors (Lipinski definition) is 3. The molecule has 1 heterocycles. The molecule has 68 valence electrons. The van der Waals surface area contributed by atoms with Crippen LogP contribution in [0.15, 0.2) is 0 Å². The maximum Gasteiger partial charge on any atom is 0.298 e. The van der Waals surface area contributed by atoms with Crippen LogP contribution in [0.2, 0.25) is 0 Å². The van der Waals surface area contributed by atoms with Gasteiger partial charge in [-0.05, 0) is 12.8 Å². The van der Waals surface area contributed by atoms with Gasteiger partial charge in [0, 0.05) is 7.05 Å². The molecule has 0 atom stereocenters. The van der Waals surface area contributed by atoms with Crippen molar-refractivity contribution in [2.75, 3.05) is 7.05 Å². The lowest BCUT2D eigenvalue weighted by atomic mass is 10.5. The van der Waals surface area contributed by atoms with Crippen molar-refractivity contribution in [2.24, 2.45) is 0 Å². The van der Waals surface area contributed by atoms with Crippen molar-refractivity contribution in [1.29, 1.82) is 0 Å². The lowest BCUT2D eigenvalue weighted by molar-refractivity contribution is -0.124. The minimum atomic E-state index is -0.373. The van der Waals surface area contributed by atoms with Gasteiger partial charge in [0.15, 0.2) is 5.82 Å². The predicted octanol–water partition coefficient (Wildman–Crippen LogP) is -0.295. The van der Waals surface area contributed by atoms with Crippen molar-refractivity contribution in [3.05, 3.63) is 11.6 Å². The molecule has 1 aromatic rings. The number of carbonyl (C=O) groups excluding carboxylic acids is 1. The molecule has 0 aliphatic carbocycles. The van der Waals surface area contributed by atoms with Gasteiger partial charge < -0.3 is 4.90 Å². The minimum absolute atomic E-state index is 0.327. The molecule has 0 radical (unpaired) electrons. The lowest BCUT2D eigenvalue weighted by Crippen LogP contribution is -2.24. The summed E-state index contributed by atoms with van der Waals surface area (Å²) in [6.07, 6.45) is 4.94. The van der Waals surface area contributed by atoms with Crippen molar-refractivity contribution < 1.29 is 4.79 Å². The molecule has 0 aliphatic heterocycles. The summed E-state index contributed by atoms with van der Waals surface area (Å²) in [5.41, 5.74) is 0. The van der Waals surface area contributed by atoms with Crippen molar-refractivity contribution in [1.82, 2.24) is 20.1 Å². The molecule has 0 fully saturated rings. The van der Waals surface area contributed by atoms with Gasteiger partial charge in [0.1, 0.15) is 5.82 Å². The molecule has 1 rings (SSSR count). The number of carbonyl (C=O) groups is 1. The lowest BCUT2D eigenvalue weighted by Gasteiger charge is -2.10. The first kappa shape index (κ1) is 9.26. The van der Waals surface area contributed by atoms with Crippen LogP contribution < -0.4 is 0 Å².